The highest BCUT2D eigenvalue weighted by Crippen LogP contribution is 2.14. The summed E-state index contributed by atoms with van der Waals surface area (Å²) in [5.41, 5.74) is 1.60. The summed E-state index contributed by atoms with van der Waals surface area (Å²) in [5, 5.41) is 2.59. The second-order valence-electron chi connectivity index (χ2n) is 5.49. The van der Waals surface area contributed by atoms with E-state index >= 15 is 0 Å². The topological polar surface area (TPSA) is 98.2 Å². The number of amides is 1. The molecule has 7 heteroatoms. The molecule has 0 bridgehead atoms. The smallest absolute Gasteiger partial charge is 0.359 e. The molecular formula is C20H15N3O4. The predicted molar refractivity (Wildman–Crippen MR) is 97.3 cm³/mol. The molecule has 2 aromatic carbocycles. The van der Waals surface area contributed by atoms with Crippen LogP contribution in [-0.4, -0.2) is 34.2 Å². The van der Waals surface area contributed by atoms with Crippen LogP contribution >= 0.6 is 0 Å². The molecule has 1 amide bonds. The molecule has 0 saturated carbocycles. The van der Waals surface area contributed by atoms with Crippen molar-refractivity contribution >= 4 is 23.3 Å². The Morgan fingerprint density at radius 1 is 0.889 bits per heavy atom. The average Bonchev–Trinajstić information content (AvgIpc) is 2.73. The van der Waals surface area contributed by atoms with E-state index in [0.717, 1.165) is 0 Å². The molecule has 3 aromatic rings. The fourth-order valence-corrected chi connectivity index (χ4v) is 2.27. The van der Waals surface area contributed by atoms with Gasteiger partial charge in [-0.1, -0.05) is 30.3 Å². The Labute approximate surface area is 155 Å². The number of esters is 1. The van der Waals surface area contributed by atoms with Crippen molar-refractivity contribution in [1.82, 2.24) is 9.97 Å². The molecule has 0 aliphatic heterocycles. The van der Waals surface area contributed by atoms with Crippen LogP contribution in [0.1, 0.15) is 26.4 Å². The van der Waals surface area contributed by atoms with Gasteiger partial charge in [0.25, 0.3) is 5.91 Å². The van der Waals surface area contributed by atoms with Crippen molar-refractivity contribution in [1.29, 1.82) is 0 Å². The fraction of sp³-hybridized carbons (Fsp3) is 0.0500. The van der Waals surface area contributed by atoms with Crippen LogP contribution in [0.4, 0.5) is 5.69 Å². The molecule has 1 heterocycles. The monoisotopic (exact) mass is 361 g/mol. The summed E-state index contributed by atoms with van der Waals surface area (Å²) >= 11 is 0. The van der Waals surface area contributed by atoms with Crippen molar-refractivity contribution in [3.63, 3.8) is 0 Å². The van der Waals surface area contributed by atoms with Crippen LogP contribution in [0.15, 0.2) is 73.2 Å². The number of aromatic nitrogens is 2. The van der Waals surface area contributed by atoms with Crippen molar-refractivity contribution in [3.8, 4) is 0 Å². The maximum absolute atomic E-state index is 12.3. The number of anilines is 1. The van der Waals surface area contributed by atoms with Crippen LogP contribution in [0.5, 0.6) is 0 Å². The van der Waals surface area contributed by atoms with E-state index in [1.807, 2.05) is 6.07 Å². The number of benzene rings is 2. The number of hydrogen-bond donors (Lipinski definition) is 1. The summed E-state index contributed by atoms with van der Waals surface area (Å²) in [4.78, 5) is 43.5. The van der Waals surface area contributed by atoms with Gasteiger partial charge in [0.1, 0.15) is 0 Å². The van der Waals surface area contributed by atoms with Crippen LogP contribution in [0.3, 0.4) is 0 Å². The summed E-state index contributed by atoms with van der Waals surface area (Å²) in [6.07, 6.45) is 4.04. The van der Waals surface area contributed by atoms with E-state index in [4.69, 9.17) is 4.74 Å². The van der Waals surface area contributed by atoms with Crippen LogP contribution in [0.25, 0.3) is 0 Å². The van der Waals surface area contributed by atoms with Gasteiger partial charge in [-0.15, -0.1) is 0 Å². The first kappa shape index (κ1) is 17.9. The van der Waals surface area contributed by atoms with Gasteiger partial charge in [0.2, 0.25) is 0 Å². The Hall–Kier alpha value is -3.87. The highest BCUT2D eigenvalue weighted by molar-refractivity contribution is 6.09. The van der Waals surface area contributed by atoms with Crippen molar-refractivity contribution in [3.05, 3.63) is 90.0 Å². The maximum atomic E-state index is 12.3. The highest BCUT2D eigenvalue weighted by atomic mass is 16.5. The standard InChI is InChI=1S/C20H15N3O4/c24-18(13-27-20(26)17-12-21-10-11-22-17)23-16-8-6-15(7-9-16)19(25)14-4-2-1-3-5-14/h1-12H,13H2,(H,23,24). The normalized spacial score (nSPS) is 10.1. The molecule has 0 spiro atoms. The molecule has 0 radical (unpaired) electrons. The number of nitrogens with one attached hydrogen (secondary N) is 1. The third-order valence-corrected chi connectivity index (χ3v) is 3.57. The summed E-state index contributed by atoms with van der Waals surface area (Å²) in [6.45, 7) is -0.458. The van der Waals surface area contributed by atoms with E-state index in [-0.39, 0.29) is 11.5 Å². The minimum Gasteiger partial charge on any atom is -0.451 e. The quantitative estimate of drug-likeness (QED) is 0.535. The fourth-order valence-electron chi connectivity index (χ4n) is 2.27. The van der Waals surface area contributed by atoms with Gasteiger partial charge in [0.05, 0.1) is 6.20 Å². The van der Waals surface area contributed by atoms with E-state index < -0.39 is 18.5 Å². The number of ether oxygens (including phenoxy) is 1. The Morgan fingerprint density at radius 3 is 2.26 bits per heavy atom. The number of nitrogens with zero attached hydrogens (tertiary/aromatic N) is 2. The maximum Gasteiger partial charge on any atom is 0.359 e. The van der Waals surface area contributed by atoms with Gasteiger partial charge >= 0.3 is 5.97 Å². The number of hydrogen-bond acceptors (Lipinski definition) is 6. The van der Waals surface area contributed by atoms with Crippen molar-refractivity contribution in [2.45, 2.75) is 0 Å². The zero-order valence-corrected chi connectivity index (χ0v) is 14.2. The first-order valence-electron chi connectivity index (χ1n) is 8.06. The zero-order chi connectivity index (χ0) is 19.1. The minimum atomic E-state index is -0.734. The van der Waals surface area contributed by atoms with Gasteiger partial charge < -0.3 is 10.1 Å². The number of rotatable bonds is 6. The molecule has 0 atom stereocenters. The van der Waals surface area contributed by atoms with Crippen LogP contribution in [0, 0.1) is 0 Å². The SMILES string of the molecule is O=C(COC(=O)c1cnccn1)Nc1ccc(C(=O)c2ccccc2)cc1. The molecule has 7 nitrogen and oxygen atoms in total. The van der Waals surface area contributed by atoms with Gasteiger partial charge in [-0.25, -0.2) is 9.78 Å². The largest absolute Gasteiger partial charge is 0.451 e. The Balaban J connectivity index is 1.54. The molecular weight excluding hydrogens is 346 g/mol. The lowest BCUT2D eigenvalue weighted by atomic mass is 10.0. The van der Waals surface area contributed by atoms with Crippen molar-refractivity contribution in [2.24, 2.45) is 0 Å². The Morgan fingerprint density at radius 2 is 1.59 bits per heavy atom. The first-order chi connectivity index (χ1) is 13.1. The molecule has 0 aliphatic rings. The van der Waals surface area contributed by atoms with Gasteiger partial charge in [-0.2, -0.15) is 0 Å². The second kappa shape index (κ2) is 8.48. The molecule has 1 N–H and O–H groups in total. The lowest BCUT2D eigenvalue weighted by molar-refractivity contribution is -0.119. The minimum absolute atomic E-state index is 0.0223. The molecule has 134 valence electrons. The lowest BCUT2D eigenvalue weighted by Gasteiger charge is -2.07. The number of carbonyl (C=O) groups is 3. The van der Waals surface area contributed by atoms with Gasteiger partial charge in [0, 0.05) is 29.2 Å². The second-order valence-corrected chi connectivity index (χ2v) is 5.49. The van der Waals surface area contributed by atoms with E-state index in [1.165, 1.54) is 18.6 Å². The van der Waals surface area contributed by atoms with E-state index in [0.29, 0.717) is 16.8 Å². The Kier molecular flexibility index (Phi) is 5.64. The molecule has 1 aromatic heterocycles. The molecule has 3 rings (SSSR count). The zero-order valence-electron chi connectivity index (χ0n) is 14.2. The van der Waals surface area contributed by atoms with E-state index in [1.54, 1.807) is 48.5 Å². The van der Waals surface area contributed by atoms with Gasteiger partial charge in [-0.3, -0.25) is 14.6 Å². The average molecular weight is 361 g/mol. The summed E-state index contributed by atoms with van der Waals surface area (Å²) < 4.78 is 4.87. The first-order valence-corrected chi connectivity index (χ1v) is 8.06. The van der Waals surface area contributed by atoms with E-state index in [9.17, 15) is 14.4 Å². The third-order valence-electron chi connectivity index (χ3n) is 3.57. The van der Waals surface area contributed by atoms with Crippen molar-refractivity contribution in [2.75, 3.05) is 11.9 Å². The van der Waals surface area contributed by atoms with Crippen LogP contribution in [-0.2, 0) is 9.53 Å². The molecule has 0 aliphatic carbocycles. The number of ketones is 1. The van der Waals surface area contributed by atoms with Gasteiger partial charge in [0.15, 0.2) is 18.1 Å². The molecule has 0 fully saturated rings. The van der Waals surface area contributed by atoms with E-state index in [2.05, 4.69) is 15.3 Å². The molecule has 27 heavy (non-hydrogen) atoms. The molecule has 0 saturated heterocycles. The summed E-state index contributed by atoms with van der Waals surface area (Å²) in [6, 6.07) is 15.4. The molecule has 0 unspecified atom stereocenters. The summed E-state index contributed by atoms with van der Waals surface area (Å²) in [5.74, 6) is -1.34. The van der Waals surface area contributed by atoms with Crippen LogP contribution in [0.2, 0.25) is 0 Å². The van der Waals surface area contributed by atoms with Crippen LogP contribution < -0.4 is 5.32 Å². The predicted octanol–water partition coefficient (Wildman–Crippen LogP) is 2.50. The third kappa shape index (κ3) is 4.82. The Bertz CT molecular complexity index is 942. The van der Waals surface area contributed by atoms with Crippen molar-refractivity contribution < 1.29 is 19.1 Å². The lowest BCUT2D eigenvalue weighted by Crippen LogP contribution is -2.21. The number of carbonyl (C=O) groups excluding carboxylic acids is 3. The highest BCUT2D eigenvalue weighted by Gasteiger charge is 2.12. The van der Waals surface area contributed by atoms with Gasteiger partial charge in [-0.05, 0) is 24.3 Å². The summed E-state index contributed by atoms with van der Waals surface area (Å²) in [7, 11) is 0.